The summed E-state index contributed by atoms with van der Waals surface area (Å²) < 4.78 is 2.17. The largest absolute Gasteiger partial charge is 0.300 e. The highest BCUT2D eigenvalue weighted by atomic mass is 35.5. The summed E-state index contributed by atoms with van der Waals surface area (Å²) in [7, 11) is 2.12. The summed E-state index contributed by atoms with van der Waals surface area (Å²) in [5.41, 5.74) is 4.43. The Morgan fingerprint density at radius 2 is 1.82 bits per heavy atom. The van der Waals surface area contributed by atoms with E-state index in [0.29, 0.717) is 10.0 Å². The molecule has 28 heavy (non-hydrogen) atoms. The van der Waals surface area contributed by atoms with Crippen LogP contribution in [0.15, 0.2) is 54.0 Å². The zero-order valence-corrected chi connectivity index (χ0v) is 18.3. The topological polar surface area (TPSA) is 20.5 Å². The van der Waals surface area contributed by atoms with Gasteiger partial charge in [0.25, 0.3) is 0 Å². The van der Waals surface area contributed by atoms with E-state index in [1.807, 2.05) is 42.5 Å². The third-order valence-corrected chi connectivity index (χ3v) is 6.41. The molecule has 0 saturated heterocycles. The van der Waals surface area contributed by atoms with Crippen LogP contribution in [0, 0.1) is 0 Å². The van der Waals surface area contributed by atoms with Crippen LogP contribution in [0.4, 0.5) is 0 Å². The van der Waals surface area contributed by atoms with E-state index in [1.54, 1.807) is 11.3 Å². The molecular weight excluding hydrogens is 433 g/mol. The summed E-state index contributed by atoms with van der Waals surface area (Å²) in [6, 6.07) is 13.7. The van der Waals surface area contributed by atoms with Crippen LogP contribution in [-0.4, -0.2) is 27.9 Å². The number of thiazole rings is 1. The molecule has 4 rings (SSSR count). The molecule has 4 aromatic rings. The molecule has 2 aromatic heterocycles. The SMILES string of the molecule is CN(CCc1ccc(Cl)c(Cl)c1)Cc1c(-c2ccc(Cl)cc2)nc2sccn12. The molecule has 3 nitrogen and oxygen atoms in total. The van der Waals surface area contributed by atoms with Gasteiger partial charge in [-0.3, -0.25) is 4.40 Å². The molecule has 0 amide bonds. The Kier molecular flexibility index (Phi) is 5.95. The normalized spacial score (nSPS) is 11.6. The lowest BCUT2D eigenvalue weighted by Gasteiger charge is -2.17. The Balaban J connectivity index is 1.54. The summed E-state index contributed by atoms with van der Waals surface area (Å²) >= 11 is 19.8. The third-order valence-electron chi connectivity index (χ3n) is 4.66. The van der Waals surface area contributed by atoms with Crippen LogP contribution in [0.5, 0.6) is 0 Å². The second-order valence-corrected chi connectivity index (χ2v) is 8.83. The van der Waals surface area contributed by atoms with Gasteiger partial charge in [0, 0.05) is 35.3 Å². The van der Waals surface area contributed by atoms with E-state index in [-0.39, 0.29) is 0 Å². The lowest BCUT2D eigenvalue weighted by molar-refractivity contribution is 0.327. The molecule has 2 heterocycles. The lowest BCUT2D eigenvalue weighted by atomic mass is 10.1. The van der Waals surface area contributed by atoms with Gasteiger partial charge in [0.15, 0.2) is 4.96 Å². The number of hydrogen-bond acceptors (Lipinski definition) is 3. The highest BCUT2D eigenvalue weighted by Gasteiger charge is 2.16. The van der Waals surface area contributed by atoms with E-state index in [4.69, 9.17) is 39.8 Å². The fraction of sp³-hybridized carbons (Fsp3) is 0.190. The number of likely N-dealkylation sites (N-methyl/N-ethyl adjacent to an activating group) is 1. The number of fused-ring (bicyclic) bond motifs is 1. The molecule has 0 aliphatic rings. The first kappa shape index (κ1) is 19.7. The smallest absolute Gasteiger partial charge is 0.194 e. The third kappa shape index (κ3) is 4.22. The van der Waals surface area contributed by atoms with Crippen molar-refractivity contribution < 1.29 is 0 Å². The Bertz CT molecular complexity index is 1100. The van der Waals surface area contributed by atoms with Crippen LogP contribution >= 0.6 is 46.1 Å². The standard InChI is InChI=1S/C21H18Cl3N3S/c1-26(9-8-14-2-7-17(23)18(24)12-14)13-19-20(15-3-5-16(22)6-4-15)25-21-27(19)10-11-28-21/h2-7,10-12H,8-9,13H2,1H3. The van der Waals surface area contributed by atoms with Crippen LogP contribution in [0.1, 0.15) is 11.3 Å². The monoisotopic (exact) mass is 449 g/mol. The quantitative estimate of drug-likeness (QED) is 0.326. The van der Waals surface area contributed by atoms with E-state index < -0.39 is 0 Å². The van der Waals surface area contributed by atoms with E-state index in [9.17, 15) is 0 Å². The van der Waals surface area contributed by atoms with Crippen molar-refractivity contribution in [3.63, 3.8) is 0 Å². The van der Waals surface area contributed by atoms with Crippen molar-refractivity contribution in [1.82, 2.24) is 14.3 Å². The van der Waals surface area contributed by atoms with E-state index in [2.05, 4.69) is 27.9 Å². The van der Waals surface area contributed by atoms with Crippen molar-refractivity contribution in [3.8, 4) is 11.3 Å². The molecule has 2 aromatic carbocycles. The maximum absolute atomic E-state index is 6.13. The number of benzene rings is 2. The van der Waals surface area contributed by atoms with Gasteiger partial charge in [0.1, 0.15) is 0 Å². The predicted molar refractivity (Wildman–Crippen MR) is 120 cm³/mol. The Hall–Kier alpha value is -1.56. The van der Waals surface area contributed by atoms with Gasteiger partial charge in [0.2, 0.25) is 0 Å². The summed E-state index contributed by atoms with van der Waals surface area (Å²) in [4.78, 5) is 8.14. The molecule has 0 bridgehead atoms. The van der Waals surface area contributed by atoms with Gasteiger partial charge in [-0.1, -0.05) is 53.0 Å². The predicted octanol–water partition coefficient (Wildman–Crippen LogP) is 6.70. The molecule has 0 radical (unpaired) electrons. The summed E-state index contributed by atoms with van der Waals surface area (Å²) in [5, 5.41) is 3.98. The van der Waals surface area contributed by atoms with Crippen LogP contribution in [-0.2, 0) is 13.0 Å². The molecule has 0 atom stereocenters. The number of rotatable bonds is 6. The molecule has 0 N–H and O–H groups in total. The zero-order chi connectivity index (χ0) is 19.7. The maximum Gasteiger partial charge on any atom is 0.194 e. The average Bonchev–Trinajstić information content (AvgIpc) is 3.26. The van der Waals surface area contributed by atoms with Crippen molar-refractivity contribution >= 4 is 51.1 Å². The van der Waals surface area contributed by atoms with Gasteiger partial charge in [-0.15, -0.1) is 11.3 Å². The minimum atomic E-state index is 0.588. The molecule has 144 valence electrons. The van der Waals surface area contributed by atoms with Gasteiger partial charge in [0.05, 0.1) is 21.4 Å². The van der Waals surface area contributed by atoms with E-state index >= 15 is 0 Å². The Morgan fingerprint density at radius 3 is 2.57 bits per heavy atom. The molecule has 0 aliphatic heterocycles. The number of imidazole rings is 1. The second kappa shape index (κ2) is 8.44. The van der Waals surface area contributed by atoms with Crippen molar-refractivity contribution in [2.75, 3.05) is 13.6 Å². The van der Waals surface area contributed by atoms with Crippen LogP contribution in [0.25, 0.3) is 16.2 Å². The minimum absolute atomic E-state index is 0.588. The Labute approximate surface area is 183 Å². The first-order valence-corrected chi connectivity index (χ1v) is 10.9. The number of aromatic nitrogens is 2. The molecule has 0 fully saturated rings. The number of halogens is 3. The van der Waals surface area contributed by atoms with Gasteiger partial charge in [-0.05, 0) is 43.3 Å². The van der Waals surface area contributed by atoms with Crippen molar-refractivity contribution in [1.29, 1.82) is 0 Å². The van der Waals surface area contributed by atoms with Crippen molar-refractivity contribution in [2.45, 2.75) is 13.0 Å². The van der Waals surface area contributed by atoms with E-state index in [1.165, 1.54) is 11.3 Å². The average molecular weight is 451 g/mol. The second-order valence-electron chi connectivity index (χ2n) is 6.71. The number of nitrogens with zero attached hydrogens (tertiary/aromatic N) is 3. The minimum Gasteiger partial charge on any atom is -0.300 e. The van der Waals surface area contributed by atoms with Gasteiger partial charge >= 0.3 is 0 Å². The fourth-order valence-electron chi connectivity index (χ4n) is 3.17. The van der Waals surface area contributed by atoms with Crippen LogP contribution in [0.3, 0.4) is 0 Å². The summed E-state index contributed by atoms with van der Waals surface area (Å²) in [5.74, 6) is 0. The lowest BCUT2D eigenvalue weighted by Crippen LogP contribution is -2.22. The summed E-state index contributed by atoms with van der Waals surface area (Å²) in [6.07, 6.45) is 2.98. The number of hydrogen-bond donors (Lipinski definition) is 0. The highest BCUT2D eigenvalue weighted by molar-refractivity contribution is 7.15. The molecule has 0 unspecified atom stereocenters. The highest BCUT2D eigenvalue weighted by Crippen LogP contribution is 2.29. The van der Waals surface area contributed by atoms with Gasteiger partial charge in [-0.2, -0.15) is 0 Å². The van der Waals surface area contributed by atoms with Crippen LogP contribution in [0.2, 0.25) is 15.1 Å². The van der Waals surface area contributed by atoms with Crippen molar-refractivity contribution in [2.24, 2.45) is 0 Å². The Morgan fingerprint density at radius 1 is 1.04 bits per heavy atom. The first-order chi connectivity index (χ1) is 13.5. The summed E-state index contributed by atoms with van der Waals surface area (Å²) in [6.45, 7) is 1.69. The molecule has 0 aliphatic carbocycles. The maximum atomic E-state index is 6.13. The fourth-order valence-corrected chi connectivity index (χ4v) is 4.35. The molecule has 0 spiro atoms. The molecule has 0 saturated carbocycles. The molecular formula is C21H18Cl3N3S. The molecule has 7 heteroatoms. The van der Waals surface area contributed by atoms with Crippen LogP contribution < -0.4 is 0 Å². The first-order valence-electron chi connectivity index (χ1n) is 8.84. The zero-order valence-electron chi connectivity index (χ0n) is 15.2. The van der Waals surface area contributed by atoms with Gasteiger partial charge < -0.3 is 4.90 Å². The van der Waals surface area contributed by atoms with Gasteiger partial charge in [-0.25, -0.2) is 4.98 Å². The van der Waals surface area contributed by atoms with E-state index in [0.717, 1.165) is 40.8 Å². The van der Waals surface area contributed by atoms with Crippen molar-refractivity contribution in [3.05, 3.63) is 80.4 Å².